The van der Waals surface area contributed by atoms with Crippen LogP contribution in [0.3, 0.4) is 0 Å². The van der Waals surface area contributed by atoms with Crippen LogP contribution in [0.2, 0.25) is 0 Å². The van der Waals surface area contributed by atoms with Gasteiger partial charge in [0, 0.05) is 0 Å². The van der Waals surface area contributed by atoms with Crippen LogP contribution in [-0.2, 0) is 4.84 Å². The third kappa shape index (κ3) is 5.88. The van der Waals surface area contributed by atoms with E-state index in [4.69, 9.17) is 14.3 Å². The first-order chi connectivity index (χ1) is 13.1. The van der Waals surface area contributed by atoms with Crippen LogP contribution in [0.15, 0.2) is 53.7 Å². The summed E-state index contributed by atoms with van der Waals surface area (Å²) in [4.78, 5) is 4.77. The van der Waals surface area contributed by atoms with Gasteiger partial charge in [-0.15, -0.1) is 0 Å². The third-order valence-electron chi connectivity index (χ3n) is 4.24. The summed E-state index contributed by atoms with van der Waals surface area (Å²) in [7, 11) is 1.54. The maximum atomic E-state index is 6.41. The Kier molecular flexibility index (Phi) is 7.93. The molecule has 1 atom stereocenters. The van der Waals surface area contributed by atoms with Crippen molar-refractivity contribution in [2.75, 3.05) is 13.7 Å². The molecule has 2 rings (SSSR count). The van der Waals surface area contributed by atoms with Crippen LogP contribution in [0.4, 0.5) is 0 Å². The fraction of sp³-hybridized carbons (Fsp3) is 0.348. The van der Waals surface area contributed by atoms with Gasteiger partial charge in [-0.2, -0.15) is 0 Å². The van der Waals surface area contributed by atoms with E-state index in [9.17, 15) is 0 Å². The van der Waals surface area contributed by atoms with E-state index in [1.807, 2.05) is 43.3 Å². The van der Waals surface area contributed by atoms with Crippen LogP contribution >= 0.6 is 0 Å². The molecular weight excluding hydrogens is 338 g/mol. The Morgan fingerprint density at radius 3 is 2.48 bits per heavy atom. The van der Waals surface area contributed by atoms with E-state index in [0.717, 1.165) is 40.2 Å². The summed E-state index contributed by atoms with van der Waals surface area (Å²) in [6, 6.07) is 12.2. The molecule has 1 unspecified atom stereocenters. The quantitative estimate of drug-likeness (QED) is 0.321. The molecule has 0 radical (unpaired) electrons. The number of hydrogen-bond acceptors (Lipinski definition) is 4. The van der Waals surface area contributed by atoms with Gasteiger partial charge in [0.1, 0.15) is 31.3 Å². The fourth-order valence-electron chi connectivity index (χ4n) is 2.90. The van der Waals surface area contributed by atoms with Crippen LogP contribution in [-0.4, -0.2) is 19.9 Å². The molecule has 0 saturated heterocycles. The van der Waals surface area contributed by atoms with Crippen molar-refractivity contribution < 1.29 is 14.3 Å². The van der Waals surface area contributed by atoms with Crippen LogP contribution in [0, 0.1) is 13.8 Å². The molecule has 0 N–H and O–H groups in total. The molecule has 0 spiro atoms. The summed E-state index contributed by atoms with van der Waals surface area (Å²) in [5.41, 5.74) is 4.24. The molecule has 0 aromatic heterocycles. The van der Waals surface area contributed by atoms with Gasteiger partial charge in [-0.25, -0.2) is 0 Å². The minimum absolute atomic E-state index is 0.0342. The number of oxime groups is 1. The summed E-state index contributed by atoms with van der Waals surface area (Å²) in [5, 5.41) is 3.84. The van der Waals surface area contributed by atoms with Gasteiger partial charge in [0.15, 0.2) is 0 Å². The zero-order valence-electron chi connectivity index (χ0n) is 16.9. The molecule has 2 aromatic rings. The summed E-state index contributed by atoms with van der Waals surface area (Å²) < 4.78 is 12.2. The number of aryl methyl sites for hydroxylation is 2. The molecule has 0 aliphatic rings. The average molecular weight is 367 g/mol. The summed E-state index contributed by atoms with van der Waals surface area (Å²) >= 11 is 0. The number of benzene rings is 2. The van der Waals surface area contributed by atoms with E-state index in [2.05, 4.69) is 38.1 Å². The maximum Gasteiger partial charge on any atom is 0.126 e. The predicted molar refractivity (Wildman–Crippen MR) is 111 cm³/mol. The molecule has 4 heteroatoms. The molecule has 0 fully saturated rings. The second-order valence-electron chi connectivity index (χ2n) is 6.37. The normalized spacial score (nSPS) is 12.5. The minimum atomic E-state index is -0.0342. The van der Waals surface area contributed by atoms with Crippen molar-refractivity contribution in [2.45, 2.75) is 40.2 Å². The van der Waals surface area contributed by atoms with Crippen LogP contribution in [0.25, 0.3) is 0 Å². The van der Waals surface area contributed by atoms with Crippen molar-refractivity contribution in [1.29, 1.82) is 0 Å². The van der Waals surface area contributed by atoms with E-state index in [0.29, 0.717) is 6.61 Å². The van der Waals surface area contributed by atoms with Crippen LogP contribution in [0.5, 0.6) is 11.5 Å². The molecule has 144 valence electrons. The smallest absolute Gasteiger partial charge is 0.126 e. The maximum absolute atomic E-state index is 6.41. The monoisotopic (exact) mass is 367 g/mol. The Balaban J connectivity index is 2.22. The summed E-state index contributed by atoms with van der Waals surface area (Å²) in [5.74, 6) is 1.78. The lowest BCUT2D eigenvalue weighted by Gasteiger charge is -2.22. The lowest BCUT2D eigenvalue weighted by atomic mass is 10.0. The Hall–Kier alpha value is -2.75. The standard InChI is InChI=1S/C23H29NO3/c1-6-8-12-26-21-13-17(3)23(18(4)14-21)27-22(7-2)20-11-9-10-19(15-20)16-24-25-5/h6,8-11,13-16,22H,7,12H2,1-5H3/b8-6+,24-16?. The summed E-state index contributed by atoms with van der Waals surface area (Å²) in [6.07, 6.45) is 6.50. The molecule has 2 aromatic carbocycles. The van der Waals surface area contributed by atoms with Crippen LogP contribution in [0.1, 0.15) is 48.6 Å². The minimum Gasteiger partial charge on any atom is -0.490 e. The zero-order chi connectivity index (χ0) is 19.6. The van der Waals surface area contributed by atoms with Gasteiger partial charge in [0.2, 0.25) is 0 Å². The largest absolute Gasteiger partial charge is 0.490 e. The highest BCUT2D eigenvalue weighted by atomic mass is 16.6. The van der Waals surface area contributed by atoms with Gasteiger partial charge in [0.25, 0.3) is 0 Å². The topological polar surface area (TPSA) is 40.0 Å². The van der Waals surface area contributed by atoms with Crippen molar-refractivity contribution in [2.24, 2.45) is 5.16 Å². The fourth-order valence-corrected chi connectivity index (χ4v) is 2.90. The molecule has 4 nitrogen and oxygen atoms in total. The Morgan fingerprint density at radius 2 is 1.85 bits per heavy atom. The van der Waals surface area contributed by atoms with Crippen molar-refractivity contribution in [3.05, 3.63) is 70.8 Å². The first kappa shape index (κ1) is 20.6. The van der Waals surface area contributed by atoms with E-state index < -0.39 is 0 Å². The van der Waals surface area contributed by atoms with Gasteiger partial charge in [-0.05, 0) is 67.6 Å². The molecule has 0 heterocycles. The van der Waals surface area contributed by atoms with E-state index >= 15 is 0 Å². The molecule has 0 aliphatic heterocycles. The number of allylic oxidation sites excluding steroid dienone is 1. The number of nitrogens with zero attached hydrogens (tertiary/aromatic N) is 1. The SMILES string of the molecule is C/C=C/COc1cc(C)c(OC(CC)c2cccc(C=NOC)c2)c(C)c1. The number of hydrogen-bond donors (Lipinski definition) is 0. The van der Waals surface area contributed by atoms with E-state index in [1.54, 1.807) is 6.21 Å². The lowest BCUT2D eigenvalue weighted by Crippen LogP contribution is -2.09. The van der Waals surface area contributed by atoms with Crippen LogP contribution < -0.4 is 9.47 Å². The van der Waals surface area contributed by atoms with Crippen molar-refractivity contribution in [3.63, 3.8) is 0 Å². The van der Waals surface area contributed by atoms with Crippen molar-refractivity contribution >= 4 is 6.21 Å². The Labute approximate surface area is 162 Å². The summed E-state index contributed by atoms with van der Waals surface area (Å²) in [6.45, 7) is 8.79. The second kappa shape index (κ2) is 10.4. The van der Waals surface area contributed by atoms with Gasteiger partial charge >= 0.3 is 0 Å². The van der Waals surface area contributed by atoms with E-state index in [-0.39, 0.29) is 6.10 Å². The molecule has 0 saturated carbocycles. The Morgan fingerprint density at radius 1 is 1.11 bits per heavy atom. The Bertz CT molecular complexity index is 773. The third-order valence-corrected chi connectivity index (χ3v) is 4.24. The zero-order valence-corrected chi connectivity index (χ0v) is 16.9. The van der Waals surface area contributed by atoms with Gasteiger partial charge in [-0.3, -0.25) is 0 Å². The highest BCUT2D eigenvalue weighted by molar-refractivity contribution is 5.79. The van der Waals surface area contributed by atoms with Gasteiger partial charge in [0.05, 0.1) is 6.21 Å². The molecule has 0 bridgehead atoms. The van der Waals surface area contributed by atoms with Gasteiger partial charge in [-0.1, -0.05) is 42.4 Å². The van der Waals surface area contributed by atoms with Gasteiger partial charge < -0.3 is 14.3 Å². The molecule has 0 aliphatic carbocycles. The number of rotatable bonds is 9. The molecule has 27 heavy (non-hydrogen) atoms. The average Bonchev–Trinajstić information content (AvgIpc) is 2.66. The highest BCUT2D eigenvalue weighted by Crippen LogP contribution is 2.33. The van der Waals surface area contributed by atoms with E-state index in [1.165, 1.54) is 7.11 Å². The predicted octanol–water partition coefficient (Wildman–Crippen LogP) is 5.77. The number of ether oxygens (including phenoxy) is 2. The lowest BCUT2D eigenvalue weighted by molar-refractivity contribution is 0.198. The second-order valence-corrected chi connectivity index (χ2v) is 6.37. The highest BCUT2D eigenvalue weighted by Gasteiger charge is 2.15. The van der Waals surface area contributed by atoms with Crippen molar-refractivity contribution in [3.8, 4) is 11.5 Å². The molecule has 0 amide bonds. The first-order valence-corrected chi connectivity index (χ1v) is 9.27. The molecular formula is C23H29NO3. The van der Waals surface area contributed by atoms with Crippen molar-refractivity contribution in [1.82, 2.24) is 0 Å². The first-order valence-electron chi connectivity index (χ1n) is 9.27.